The van der Waals surface area contributed by atoms with E-state index in [2.05, 4.69) is 29.1 Å². The Balaban J connectivity index is 1.91. The van der Waals surface area contributed by atoms with Crippen molar-refractivity contribution in [1.82, 2.24) is 20.0 Å². The molecule has 2 rings (SSSR count). The third-order valence-corrected chi connectivity index (χ3v) is 3.76. The molecule has 0 radical (unpaired) electrons. The minimum Gasteiger partial charge on any atom is -0.459 e. The Morgan fingerprint density at radius 2 is 2.29 bits per heavy atom. The van der Waals surface area contributed by atoms with E-state index in [0.717, 1.165) is 12.1 Å². The number of hydrogen-bond acceptors (Lipinski definition) is 7. The number of hydrogen-bond donors (Lipinski definition) is 0. The van der Waals surface area contributed by atoms with Gasteiger partial charge in [0.1, 0.15) is 0 Å². The first-order valence-corrected chi connectivity index (χ1v) is 7.80. The third-order valence-electron chi connectivity index (χ3n) is 2.91. The maximum atomic E-state index is 11.4. The first-order valence-electron chi connectivity index (χ1n) is 6.81. The summed E-state index contributed by atoms with van der Waals surface area (Å²) in [7, 11) is 0. The third kappa shape index (κ3) is 4.07. The van der Waals surface area contributed by atoms with Crippen LogP contribution in [-0.4, -0.2) is 32.6 Å². The molecule has 0 saturated heterocycles. The lowest BCUT2D eigenvalue weighted by atomic mass is 10.3. The molecule has 1 unspecified atom stereocenters. The Kier molecular flexibility index (Phi) is 5.38. The molecule has 7 nitrogen and oxygen atoms in total. The standard InChI is InChI=1S/C13H18N4O3S/c1-4-9(3)17-7-6-10(16-17)8-21-13-15-14-11(20-13)12(18)19-5-2/h6-7,9H,4-5,8H2,1-3H3. The summed E-state index contributed by atoms with van der Waals surface area (Å²) in [5.74, 6) is -0.115. The van der Waals surface area contributed by atoms with Crippen molar-refractivity contribution in [2.24, 2.45) is 0 Å². The second kappa shape index (κ2) is 7.26. The van der Waals surface area contributed by atoms with Crippen LogP contribution in [0.1, 0.15) is 49.6 Å². The SMILES string of the molecule is CCOC(=O)c1nnc(SCc2ccn(C(C)CC)n2)o1. The normalized spacial score (nSPS) is 12.3. The smallest absolute Gasteiger partial charge is 0.396 e. The van der Waals surface area contributed by atoms with Crippen LogP contribution < -0.4 is 0 Å². The minimum atomic E-state index is -0.599. The van der Waals surface area contributed by atoms with Crippen molar-refractivity contribution in [3.05, 3.63) is 23.8 Å². The average molecular weight is 310 g/mol. The number of aromatic nitrogens is 4. The maximum absolute atomic E-state index is 11.4. The molecule has 0 aliphatic heterocycles. The van der Waals surface area contributed by atoms with Crippen molar-refractivity contribution in [3.63, 3.8) is 0 Å². The molecule has 0 N–H and O–H groups in total. The van der Waals surface area contributed by atoms with Crippen LogP contribution in [0.5, 0.6) is 0 Å². The maximum Gasteiger partial charge on any atom is 0.396 e. The van der Waals surface area contributed by atoms with Gasteiger partial charge in [0.2, 0.25) is 0 Å². The summed E-state index contributed by atoms with van der Waals surface area (Å²) in [6.45, 7) is 6.23. The van der Waals surface area contributed by atoms with Crippen LogP contribution in [-0.2, 0) is 10.5 Å². The molecule has 0 aliphatic carbocycles. The van der Waals surface area contributed by atoms with E-state index < -0.39 is 5.97 Å². The zero-order valence-corrected chi connectivity index (χ0v) is 13.1. The van der Waals surface area contributed by atoms with E-state index in [1.165, 1.54) is 11.8 Å². The summed E-state index contributed by atoms with van der Waals surface area (Å²) in [6, 6.07) is 2.34. The number of nitrogens with zero attached hydrogens (tertiary/aromatic N) is 4. The molecule has 1 atom stereocenters. The largest absolute Gasteiger partial charge is 0.459 e. The number of esters is 1. The summed E-state index contributed by atoms with van der Waals surface area (Å²) in [6.07, 6.45) is 2.99. The Bertz CT molecular complexity index is 596. The van der Waals surface area contributed by atoms with Crippen LogP contribution in [0, 0.1) is 0 Å². The summed E-state index contributed by atoms with van der Waals surface area (Å²) < 4.78 is 12.0. The summed E-state index contributed by atoms with van der Waals surface area (Å²) in [4.78, 5) is 11.4. The summed E-state index contributed by atoms with van der Waals surface area (Å²) >= 11 is 1.34. The number of rotatable bonds is 7. The van der Waals surface area contributed by atoms with Crippen LogP contribution in [0.4, 0.5) is 0 Å². The van der Waals surface area contributed by atoms with Gasteiger partial charge in [-0.25, -0.2) is 4.79 Å². The van der Waals surface area contributed by atoms with Gasteiger partial charge in [0.15, 0.2) is 0 Å². The molecule has 8 heteroatoms. The molecule has 0 aliphatic rings. The Labute approximate surface area is 127 Å². The zero-order valence-electron chi connectivity index (χ0n) is 12.3. The Hall–Kier alpha value is -1.83. The minimum absolute atomic E-state index is 0.121. The van der Waals surface area contributed by atoms with Crippen molar-refractivity contribution in [3.8, 4) is 0 Å². The second-order valence-corrected chi connectivity index (χ2v) is 5.35. The highest BCUT2D eigenvalue weighted by Crippen LogP contribution is 2.21. The fourth-order valence-corrected chi connectivity index (χ4v) is 2.23. The molecule has 2 aromatic heterocycles. The van der Waals surface area contributed by atoms with Crippen LogP contribution >= 0.6 is 11.8 Å². The molecule has 2 heterocycles. The van der Waals surface area contributed by atoms with Gasteiger partial charge in [0.05, 0.1) is 12.3 Å². The Morgan fingerprint density at radius 1 is 1.48 bits per heavy atom. The van der Waals surface area contributed by atoms with Gasteiger partial charge in [-0.3, -0.25) is 4.68 Å². The highest BCUT2D eigenvalue weighted by atomic mass is 32.2. The average Bonchev–Trinajstić information content (AvgIpc) is 3.13. The van der Waals surface area contributed by atoms with Crippen LogP contribution in [0.2, 0.25) is 0 Å². The molecule has 0 bridgehead atoms. The fraction of sp³-hybridized carbons (Fsp3) is 0.538. The van der Waals surface area contributed by atoms with Gasteiger partial charge in [-0.15, -0.1) is 5.10 Å². The monoisotopic (exact) mass is 310 g/mol. The van der Waals surface area contributed by atoms with E-state index in [0.29, 0.717) is 17.0 Å². The molecule has 0 spiro atoms. The van der Waals surface area contributed by atoms with Crippen LogP contribution in [0.25, 0.3) is 0 Å². The van der Waals surface area contributed by atoms with Gasteiger partial charge in [-0.2, -0.15) is 5.10 Å². The zero-order chi connectivity index (χ0) is 15.2. The van der Waals surface area contributed by atoms with Gasteiger partial charge < -0.3 is 9.15 Å². The van der Waals surface area contributed by atoms with E-state index in [1.54, 1.807) is 6.92 Å². The van der Waals surface area contributed by atoms with Gasteiger partial charge in [-0.05, 0) is 26.3 Å². The van der Waals surface area contributed by atoms with Crippen molar-refractivity contribution < 1.29 is 13.9 Å². The molecule has 114 valence electrons. The van der Waals surface area contributed by atoms with E-state index >= 15 is 0 Å². The number of ether oxygens (including phenoxy) is 1. The van der Waals surface area contributed by atoms with Crippen molar-refractivity contribution in [1.29, 1.82) is 0 Å². The number of thioether (sulfide) groups is 1. The van der Waals surface area contributed by atoms with E-state index in [4.69, 9.17) is 9.15 Å². The van der Waals surface area contributed by atoms with E-state index in [1.807, 2.05) is 16.9 Å². The predicted octanol–water partition coefficient (Wildman–Crippen LogP) is 2.71. The van der Waals surface area contributed by atoms with E-state index in [9.17, 15) is 4.79 Å². The molecule has 0 aromatic carbocycles. The molecule has 0 saturated carbocycles. The molecular formula is C13H18N4O3S. The quantitative estimate of drug-likeness (QED) is 0.574. The van der Waals surface area contributed by atoms with E-state index in [-0.39, 0.29) is 12.5 Å². The first-order chi connectivity index (χ1) is 10.1. The summed E-state index contributed by atoms with van der Waals surface area (Å²) in [5, 5.41) is 12.3. The first kappa shape index (κ1) is 15.6. The van der Waals surface area contributed by atoms with Gasteiger partial charge in [0.25, 0.3) is 5.22 Å². The second-order valence-electron chi connectivity index (χ2n) is 4.43. The molecule has 2 aromatic rings. The van der Waals surface area contributed by atoms with Gasteiger partial charge >= 0.3 is 11.9 Å². The van der Waals surface area contributed by atoms with Crippen LogP contribution in [0.15, 0.2) is 21.9 Å². The lowest BCUT2D eigenvalue weighted by Crippen LogP contribution is -2.04. The summed E-state index contributed by atoms with van der Waals surface area (Å²) in [5.41, 5.74) is 0.927. The lowest BCUT2D eigenvalue weighted by Gasteiger charge is -2.07. The van der Waals surface area contributed by atoms with Crippen molar-refractivity contribution in [2.45, 2.75) is 44.2 Å². The predicted molar refractivity (Wildman–Crippen MR) is 77.0 cm³/mol. The molecular weight excluding hydrogens is 292 g/mol. The Morgan fingerprint density at radius 3 is 3.00 bits per heavy atom. The van der Waals surface area contributed by atoms with Crippen molar-refractivity contribution in [2.75, 3.05) is 6.61 Å². The highest BCUT2D eigenvalue weighted by Gasteiger charge is 2.16. The molecule has 0 amide bonds. The van der Waals surface area contributed by atoms with Crippen molar-refractivity contribution >= 4 is 17.7 Å². The topological polar surface area (TPSA) is 83.0 Å². The number of carbonyl (C=O) groups is 1. The number of carbonyl (C=O) groups excluding carboxylic acids is 1. The van der Waals surface area contributed by atoms with Gasteiger partial charge in [-0.1, -0.05) is 23.8 Å². The fourth-order valence-electron chi connectivity index (χ4n) is 1.57. The van der Waals surface area contributed by atoms with Gasteiger partial charge in [0, 0.05) is 18.0 Å². The highest BCUT2D eigenvalue weighted by molar-refractivity contribution is 7.98. The lowest BCUT2D eigenvalue weighted by molar-refractivity contribution is 0.0475. The molecule has 0 fully saturated rings. The molecule has 21 heavy (non-hydrogen) atoms. The van der Waals surface area contributed by atoms with Crippen LogP contribution in [0.3, 0.4) is 0 Å².